The van der Waals surface area contributed by atoms with E-state index >= 15 is 0 Å². The van der Waals surface area contributed by atoms with Crippen LogP contribution in [0.4, 0.5) is 4.79 Å². The molecule has 0 spiro atoms. The number of ether oxygens (including phenoxy) is 2. The van der Waals surface area contributed by atoms with Crippen molar-refractivity contribution >= 4 is 15.9 Å². The van der Waals surface area contributed by atoms with E-state index in [-0.39, 0.29) is 23.6 Å². The lowest BCUT2D eigenvalue weighted by Gasteiger charge is -2.13. The molecule has 1 aliphatic rings. The van der Waals surface area contributed by atoms with E-state index in [9.17, 15) is 13.2 Å². The van der Waals surface area contributed by atoms with Gasteiger partial charge in [-0.3, -0.25) is 0 Å². The molecule has 8 heteroatoms. The molecule has 0 aliphatic carbocycles. The molecular weight excluding hydrogens is 320 g/mol. The predicted molar refractivity (Wildman–Crippen MR) is 86.8 cm³/mol. The Bertz CT molecular complexity index is 660. The van der Waals surface area contributed by atoms with Gasteiger partial charge in [-0.1, -0.05) is 6.07 Å². The summed E-state index contributed by atoms with van der Waals surface area (Å²) >= 11 is 0. The van der Waals surface area contributed by atoms with Gasteiger partial charge in [0.25, 0.3) is 0 Å². The van der Waals surface area contributed by atoms with Gasteiger partial charge in [-0.2, -0.15) is 0 Å². The highest BCUT2D eigenvalue weighted by Gasteiger charge is 2.28. The van der Waals surface area contributed by atoms with Gasteiger partial charge < -0.3 is 20.1 Å². The van der Waals surface area contributed by atoms with Crippen LogP contribution in [0.25, 0.3) is 0 Å². The second kappa shape index (κ2) is 7.54. The van der Waals surface area contributed by atoms with Gasteiger partial charge in [-0.25, -0.2) is 13.2 Å². The Labute approximate surface area is 136 Å². The number of hydrogen-bond acceptors (Lipinski definition) is 5. The lowest BCUT2D eigenvalue weighted by atomic mass is 10.1. The van der Waals surface area contributed by atoms with Crippen molar-refractivity contribution in [1.82, 2.24) is 10.6 Å². The van der Waals surface area contributed by atoms with E-state index in [0.29, 0.717) is 30.9 Å². The minimum absolute atomic E-state index is 0.0239. The highest BCUT2D eigenvalue weighted by atomic mass is 32.2. The molecule has 2 amide bonds. The van der Waals surface area contributed by atoms with E-state index < -0.39 is 9.84 Å². The van der Waals surface area contributed by atoms with Crippen LogP contribution in [-0.2, 0) is 16.3 Å². The number of carbonyl (C=O) groups is 1. The van der Waals surface area contributed by atoms with Crippen molar-refractivity contribution in [2.24, 2.45) is 0 Å². The summed E-state index contributed by atoms with van der Waals surface area (Å²) in [5.41, 5.74) is 1.01. The predicted octanol–water partition coefficient (Wildman–Crippen LogP) is 0.733. The van der Waals surface area contributed by atoms with Crippen molar-refractivity contribution in [3.05, 3.63) is 23.8 Å². The number of amides is 2. The summed E-state index contributed by atoms with van der Waals surface area (Å²) in [5, 5.41) is 5.42. The molecule has 2 N–H and O–H groups in total. The van der Waals surface area contributed by atoms with Crippen LogP contribution >= 0.6 is 0 Å². The highest BCUT2D eigenvalue weighted by molar-refractivity contribution is 7.91. The molecule has 0 saturated carbocycles. The average Bonchev–Trinajstić information content (AvgIpc) is 2.85. The van der Waals surface area contributed by atoms with Crippen LogP contribution in [0.1, 0.15) is 12.0 Å². The zero-order chi connectivity index (χ0) is 16.9. The summed E-state index contributed by atoms with van der Waals surface area (Å²) in [4.78, 5) is 11.8. The zero-order valence-corrected chi connectivity index (χ0v) is 14.1. The first-order valence-corrected chi connectivity index (χ1v) is 9.21. The first kappa shape index (κ1) is 17.4. The second-order valence-electron chi connectivity index (χ2n) is 5.44. The summed E-state index contributed by atoms with van der Waals surface area (Å²) in [6, 6.07) is 4.96. The van der Waals surface area contributed by atoms with E-state index in [4.69, 9.17) is 9.47 Å². The largest absolute Gasteiger partial charge is 0.493 e. The molecule has 0 radical (unpaired) electrons. The van der Waals surface area contributed by atoms with E-state index in [1.807, 2.05) is 18.2 Å². The Morgan fingerprint density at radius 1 is 1.26 bits per heavy atom. The first-order chi connectivity index (χ1) is 10.9. The molecule has 1 aromatic rings. The molecule has 1 heterocycles. The molecule has 0 aromatic heterocycles. The van der Waals surface area contributed by atoms with Crippen molar-refractivity contribution in [3.63, 3.8) is 0 Å². The summed E-state index contributed by atoms with van der Waals surface area (Å²) in [5.74, 6) is 1.47. The van der Waals surface area contributed by atoms with Gasteiger partial charge in [0.15, 0.2) is 21.3 Å². The first-order valence-electron chi connectivity index (χ1n) is 7.39. The standard InChI is InChI=1S/C15H22N2O5S/c1-21-13-4-3-11(9-14(13)22-2)5-7-16-15(18)17-12-6-8-23(19,20)10-12/h3-4,9,12H,5-8,10H2,1-2H3,(H2,16,17,18)/t12-/m0/s1. The van der Waals surface area contributed by atoms with Crippen LogP contribution in [0.15, 0.2) is 18.2 Å². The normalized spacial score (nSPS) is 19.1. The van der Waals surface area contributed by atoms with E-state index in [1.54, 1.807) is 14.2 Å². The molecule has 1 aliphatic heterocycles. The van der Waals surface area contributed by atoms with E-state index in [1.165, 1.54) is 0 Å². The van der Waals surface area contributed by atoms with Crippen molar-refractivity contribution < 1.29 is 22.7 Å². The number of carbonyl (C=O) groups excluding carboxylic acids is 1. The topological polar surface area (TPSA) is 93.7 Å². The monoisotopic (exact) mass is 342 g/mol. The van der Waals surface area contributed by atoms with E-state index in [0.717, 1.165) is 5.56 Å². The molecule has 1 fully saturated rings. The molecule has 1 aromatic carbocycles. The molecule has 23 heavy (non-hydrogen) atoms. The third-order valence-electron chi connectivity index (χ3n) is 3.71. The SMILES string of the molecule is COc1ccc(CCNC(=O)N[C@H]2CCS(=O)(=O)C2)cc1OC. The zero-order valence-electron chi connectivity index (χ0n) is 13.3. The summed E-state index contributed by atoms with van der Waals surface area (Å²) in [7, 11) is 0.161. The van der Waals surface area contributed by atoms with Crippen molar-refractivity contribution in [1.29, 1.82) is 0 Å². The van der Waals surface area contributed by atoms with Crippen LogP contribution in [0, 0.1) is 0 Å². The third-order valence-corrected chi connectivity index (χ3v) is 5.48. The number of sulfone groups is 1. The van der Waals surface area contributed by atoms with Gasteiger partial charge in [-0.15, -0.1) is 0 Å². The minimum Gasteiger partial charge on any atom is -0.493 e. The van der Waals surface area contributed by atoms with E-state index in [2.05, 4.69) is 10.6 Å². The van der Waals surface area contributed by atoms with Crippen molar-refractivity contribution in [3.8, 4) is 11.5 Å². The number of benzene rings is 1. The van der Waals surface area contributed by atoms with Crippen molar-refractivity contribution in [2.75, 3.05) is 32.3 Å². The highest BCUT2D eigenvalue weighted by Crippen LogP contribution is 2.27. The Kier molecular flexibility index (Phi) is 5.70. The fourth-order valence-electron chi connectivity index (χ4n) is 2.50. The lowest BCUT2D eigenvalue weighted by molar-refractivity contribution is 0.238. The van der Waals surface area contributed by atoms with Gasteiger partial charge in [0, 0.05) is 12.6 Å². The number of urea groups is 1. The summed E-state index contributed by atoms with van der Waals surface area (Å²) in [6.07, 6.45) is 1.11. The number of rotatable bonds is 6. The summed E-state index contributed by atoms with van der Waals surface area (Å²) < 4.78 is 33.1. The van der Waals surface area contributed by atoms with Crippen LogP contribution in [0.2, 0.25) is 0 Å². The fraction of sp³-hybridized carbons (Fsp3) is 0.533. The molecule has 0 unspecified atom stereocenters. The van der Waals surface area contributed by atoms with Crippen LogP contribution in [-0.4, -0.2) is 52.8 Å². The fourth-order valence-corrected chi connectivity index (χ4v) is 4.18. The Morgan fingerprint density at radius 2 is 2.00 bits per heavy atom. The van der Waals surface area contributed by atoms with Gasteiger partial charge in [0.1, 0.15) is 0 Å². The Balaban J connectivity index is 1.77. The molecule has 7 nitrogen and oxygen atoms in total. The van der Waals surface area contributed by atoms with Crippen LogP contribution < -0.4 is 20.1 Å². The van der Waals surface area contributed by atoms with Crippen LogP contribution in [0.5, 0.6) is 11.5 Å². The Hall–Kier alpha value is -1.96. The van der Waals surface area contributed by atoms with Gasteiger partial charge >= 0.3 is 6.03 Å². The van der Waals surface area contributed by atoms with Crippen molar-refractivity contribution in [2.45, 2.75) is 18.9 Å². The molecule has 128 valence electrons. The average molecular weight is 342 g/mol. The number of methoxy groups -OCH3 is 2. The summed E-state index contributed by atoms with van der Waals surface area (Å²) in [6.45, 7) is 0.445. The molecule has 1 saturated heterocycles. The maximum absolute atomic E-state index is 11.8. The third kappa shape index (κ3) is 5.02. The van der Waals surface area contributed by atoms with Crippen LogP contribution in [0.3, 0.4) is 0 Å². The second-order valence-corrected chi connectivity index (χ2v) is 7.67. The number of nitrogens with one attached hydrogen (secondary N) is 2. The van der Waals surface area contributed by atoms with Gasteiger partial charge in [0.05, 0.1) is 25.7 Å². The molecular formula is C15H22N2O5S. The molecule has 1 atom stereocenters. The van der Waals surface area contributed by atoms with Gasteiger partial charge in [0.2, 0.25) is 0 Å². The lowest BCUT2D eigenvalue weighted by Crippen LogP contribution is -2.43. The smallest absolute Gasteiger partial charge is 0.315 e. The van der Waals surface area contributed by atoms with Gasteiger partial charge in [-0.05, 0) is 30.5 Å². The maximum atomic E-state index is 11.8. The molecule has 2 rings (SSSR count). The maximum Gasteiger partial charge on any atom is 0.315 e. The Morgan fingerprint density at radius 3 is 2.61 bits per heavy atom. The molecule has 0 bridgehead atoms. The quantitative estimate of drug-likeness (QED) is 0.795. The number of hydrogen-bond donors (Lipinski definition) is 2. The minimum atomic E-state index is -2.99.